The van der Waals surface area contributed by atoms with E-state index in [0.717, 1.165) is 31.7 Å². The number of nitrogens with one attached hydrogen (secondary N) is 1. The smallest absolute Gasteiger partial charge is 0.140 e. The van der Waals surface area contributed by atoms with Gasteiger partial charge in [-0.2, -0.15) is 5.10 Å². The Morgan fingerprint density at radius 1 is 1.00 bits per heavy atom. The van der Waals surface area contributed by atoms with Crippen molar-refractivity contribution in [3.63, 3.8) is 0 Å². The van der Waals surface area contributed by atoms with Gasteiger partial charge >= 0.3 is 0 Å². The average molecular weight is 414 g/mol. The number of ether oxygens (including phenoxy) is 1. The van der Waals surface area contributed by atoms with Gasteiger partial charge in [-0.05, 0) is 29.7 Å². The van der Waals surface area contributed by atoms with Crippen molar-refractivity contribution in [3.8, 4) is 22.6 Å². The van der Waals surface area contributed by atoms with Crippen LogP contribution in [0.5, 0.6) is 11.5 Å². The van der Waals surface area contributed by atoms with E-state index < -0.39 is 0 Å². The molecule has 5 rings (SSSR count). The second-order valence-electron chi connectivity index (χ2n) is 8.10. The molecule has 3 aromatic rings. The number of hydrogen-bond donors (Lipinski definition) is 1. The Labute approximate surface area is 183 Å². The minimum absolute atomic E-state index is 0.0895. The van der Waals surface area contributed by atoms with Crippen LogP contribution < -0.4 is 14.7 Å². The Bertz CT molecular complexity index is 1060. The number of hydrogen-bond acceptors (Lipinski definition) is 4. The van der Waals surface area contributed by atoms with Crippen LogP contribution in [0.3, 0.4) is 0 Å². The van der Waals surface area contributed by atoms with Gasteiger partial charge in [0.2, 0.25) is 0 Å². The van der Waals surface area contributed by atoms with E-state index in [1.807, 2.05) is 13.1 Å². The number of benzene rings is 3. The van der Waals surface area contributed by atoms with Gasteiger partial charge in [0.1, 0.15) is 11.8 Å². The van der Waals surface area contributed by atoms with Crippen LogP contribution in [0.1, 0.15) is 29.7 Å². The van der Waals surface area contributed by atoms with Crippen molar-refractivity contribution in [3.05, 3.63) is 83.4 Å². The Morgan fingerprint density at radius 2 is 1.65 bits per heavy atom. The summed E-state index contributed by atoms with van der Waals surface area (Å²) in [5, 5.41) is 18.6. The highest BCUT2D eigenvalue weighted by molar-refractivity contribution is 5.80. The Hall–Kier alpha value is -3.31. The molecule has 2 aliphatic rings. The molecule has 0 radical (unpaired) electrons. The highest BCUT2D eigenvalue weighted by Gasteiger charge is 2.37. The minimum Gasteiger partial charge on any atom is -0.870 e. The molecule has 0 amide bonds. The zero-order valence-electron chi connectivity index (χ0n) is 17.8. The lowest BCUT2D eigenvalue weighted by atomic mass is 10.0. The van der Waals surface area contributed by atoms with Gasteiger partial charge < -0.3 is 14.7 Å². The van der Waals surface area contributed by atoms with Gasteiger partial charge in [0.05, 0.1) is 39.0 Å². The maximum Gasteiger partial charge on any atom is 0.140 e. The van der Waals surface area contributed by atoms with E-state index in [-0.39, 0.29) is 5.75 Å². The van der Waals surface area contributed by atoms with Gasteiger partial charge in [0.15, 0.2) is 0 Å². The summed E-state index contributed by atoms with van der Waals surface area (Å²) in [5.74, 6) is 0.299. The molecule has 0 spiro atoms. The van der Waals surface area contributed by atoms with Crippen molar-refractivity contribution >= 4 is 6.21 Å². The molecule has 0 unspecified atom stereocenters. The highest BCUT2D eigenvalue weighted by Crippen LogP contribution is 2.41. The molecule has 0 atom stereocenters. The normalized spacial score (nSPS) is 16.5. The average Bonchev–Trinajstić information content (AvgIpc) is 3.15. The predicted octanol–water partition coefficient (Wildman–Crippen LogP) is 2.46. The first-order valence-corrected chi connectivity index (χ1v) is 11.0. The predicted molar refractivity (Wildman–Crippen MR) is 121 cm³/mol. The number of hydrazone groups is 1. The Balaban J connectivity index is 1.28. The summed E-state index contributed by atoms with van der Waals surface area (Å²) in [6, 6.07) is 23.2. The summed E-state index contributed by atoms with van der Waals surface area (Å²) >= 11 is 0. The van der Waals surface area contributed by atoms with E-state index in [0.29, 0.717) is 18.4 Å². The first-order valence-electron chi connectivity index (χ1n) is 11.0. The first-order chi connectivity index (χ1) is 15.2. The van der Waals surface area contributed by atoms with Crippen LogP contribution in [0.25, 0.3) is 11.1 Å². The third kappa shape index (κ3) is 3.77. The van der Waals surface area contributed by atoms with Crippen molar-refractivity contribution in [2.75, 3.05) is 32.8 Å². The van der Waals surface area contributed by atoms with Gasteiger partial charge in [-0.25, -0.2) is 0 Å². The molecular formula is C26H27N3O2. The lowest BCUT2D eigenvalue weighted by Crippen LogP contribution is -3.14. The summed E-state index contributed by atoms with van der Waals surface area (Å²) in [7, 11) is 0. The molecule has 1 saturated heterocycles. The van der Waals surface area contributed by atoms with Gasteiger partial charge in [0, 0.05) is 11.1 Å². The molecule has 158 valence electrons. The Kier molecular flexibility index (Phi) is 5.35. The van der Waals surface area contributed by atoms with Gasteiger partial charge in [-0.3, -0.25) is 5.01 Å². The van der Waals surface area contributed by atoms with Crippen LogP contribution >= 0.6 is 0 Å². The van der Waals surface area contributed by atoms with E-state index in [1.54, 1.807) is 23.1 Å². The van der Waals surface area contributed by atoms with Crippen molar-refractivity contribution in [2.24, 2.45) is 5.10 Å². The molecule has 3 aromatic carbocycles. The van der Waals surface area contributed by atoms with Crippen LogP contribution in [-0.4, -0.2) is 44.0 Å². The number of piperazine rings is 1. The fraction of sp³-hybridized carbons (Fsp3) is 0.269. The maximum atomic E-state index is 11.8. The minimum atomic E-state index is -0.0895. The van der Waals surface area contributed by atoms with E-state index >= 15 is 0 Å². The standard InChI is InChI=1S/C26H27N3O2/c1-2-31-25-17-19(11-12-24(25)30)18-27-29-15-13-28(14-16-29)26-22-9-5-3-7-20(22)21-8-4-6-10-23(21)26/h3-12,17-18,26,30H,2,13-16H2,1H3/b27-18+. The lowest BCUT2D eigenvalue weighted by molar-refractivity contribution is -0.929. The number of quaternary nitrogens is 1. The SMILES string of the molecule is CCOc1cc(/C=N/N2CC[NH+](C3c4ccccc4-c4ccccc43)CC2)ccc1[O-]. The quantitative estimate of drug-likeness (QED) is 0.654. The van der Waals surface area contributed by atoms with Crippen LogP contribution in [0, 0.1) is 0 Å². The number of fused-ring (bicyclic) bond motifs is 3. The van der Waals surface area contributed by atoms with Crippen molar-refractivity contribution in [1.29, 1.82) is 0 Å². The van der Waals surface area contributed by atoms with Crippen molar-refractivity contribution < 1.29 is 14.7 Å². The molecule has 1 fully saturated rings. The molecule has 5 nitrogen and oxygen atoms in total. The summed E-state index contributed by atoms with van der Waals surface area (Å²) in [6.45, 7) is 6.25. The van der Waals surface area contributed by atoms with Crippen LogP contribution in [0.15, 0.2) is 71.8 Å². The second-order valence-corrected chi connectivity index (χ2v) is 8.10. The molecule has 31 heavy (non-hydrogen) atoms. The molecule has 1 aliphatic heterocycles. The third-order valence-corrected chi connectivity index (χ3v) is 6.26. The van der Waals surface area contributed by atoms with E-state index in [2.05, 4.69) is 58.6 Å². The topological polar surface area (TPSA) is 52.3 Å². The molecule has 0 saturated carbocycles. The van der Waals surface area contributed by atoms with Gasteiger partial charge in [-0.1, -0.05) is 66.4 Å². The van der Waals surface area contributed by atoms with Gasteiger partial charge in [-0.15, -0.1) is 0 Å². The fourth-order valence-electron chi connectivity index (χ4n) is 4.80. The second kappa shape index (κ2) is 8.44. The first kappa shape index (κ1) is 19.6. The largest absolute Gasteiger partial charge is 0.870 e. The summed E-state index contributed by atoms with van der Waals surface area (Å²) < 4.78 is 5.41. The summed E-state index contributed by atoms with van der Waals surface area (Å²) in [4.78, 5) is 1.60. The van der Waals surface area contributed by atoms with E-state index in [4.69, 9.17) is 4.74 Å². The van der Waals surface area contributed by atoms with Crippen LogP contribution in [0.4, 0.5) is 0 Å². The summed E-state index contributed by atoms with van der Waals surface area (Å²) in [5.41, 5.74) is 6.52. The number of rotatable bonds is 5. The molecule has 1 heterocycles. The lowest BCUT2D eigenvalue weighted by Gasteiger charge is -2.34. The molecule has 1 N–H and O–H groups in total. The highest BCUT2D eigenvalue weighted by atomic mass is 16.5. The van der Waals surface area contributed by atoms with Crippen molar-refractivity contribution in [2.45, 2.75) is 13.0 Å². The van der Waals surface area contributed by atoms with Crippen LogP contribution in [0.2, 0.25) is 0 Å². The maximum absolute atomic E-state index is 11.8. The molecule has 1 aliphatic carbocycles. The zero-order valence-corrected chi connectivity index (χ0v) is 17.8. The Morgan fingerprint density at radius 3 is 2.29 bits per heavy atom. The molecular weight excluding hydrogens is 386 g/mol. The molecule has 0 bridgehead atoms. The monoisotopic (exact) mass is 413 g/mol. The van der Waals surface area contributed by atoms with Gasteiger partial charge in [0.25, 0.3) is 0 Å². The van der Waals surface area contributed by atoms with Crippen LogP contribution in [-0.2, 0) is 0 Å². The summed E-state index contributed by atoms with van der Waals surface area (Å²) in [6.07, 6.45) is 1.83. The van der Waals surface area contributed by atoms with E-state index in [9.17, 15) is 5.11 Å². The molecule has 5 heteroatoms. The zero-order chi connectivity index (χ0) is 21.2. The van der Waals surface area contributed by atoms with E-state index in [1.165, 1.54) is 22.3 Å². The number of nitrogens with zero attached hydrogens (tertiary/aromatic N) is 2. The fourth-order valence-corrected chi connectivity index (χ4v) is 4.80. The molecule has 0 aromatic heterocycles. The third-order valence-electron chi connectivity index (χ3n) is 6.26. The van der Waals surface area contributed by atoms with Crippen molar-refractivity contribution in [1.82, 2.24) is 5.01 Å².